The van der Waals surface area contributed by atoms with Crippen molar-refractivity contribution in [3.05, 3.63) is 35.9 Å². The van der Waals surface area contributed by atoms with Crippen LogP contribution in [0.2, 0.25) is 0 Å². The summed E-state index contributed by atoms with van der Waals surface area (Å²) in [6.07, 6.45) is 1.09. The van der Waals surface area contributed by atoms with Crippen LogP contribution in [0, 0.1) is 0 Å². The Labute approximate surface area is 126 Å². The van der Waals surface area contributed by atoms with E-state index >= 15 is 0 Å². The molecule has 0 bridgehead atoms. The number of rotatable bonds is 7. The van der Waals surface area contributed by atoms with E-state index in [0.29, 0.717) is 0 Å². The van der Waals surface area contributed by atoms with Gasteiger partial charge in [0.1, 0.15) is 12.5 Å². The van der Waals surface area contributed by atoms with Crippen LogP contribution in [0.4, 0.5) is 0 Å². The third-order valence-electron chi connectivity index (χ3n) is 2.93. The molecule has 0 heterocycles. The first kappa shape index (κ1) is 19.6. The van der Waals surface area contributed by atoms with E-state index in [4.69, 9.17) is 5.11 Å². The zero-order chi connectivity index (χ0) is 16.3. The number of aliphatic hydroxyl groups is 2. The van der Waals surface area contributed by atoms with Gasteiger partial charge in [0.15, 0.2) is 0 Å². The van der Waals surface area contributed by atoms with Crippen LogP contribution in [0.1, 0.15) is 39.2 Å². The van der Waals surface area contributed by atoms with Crippen molar-refractivity contribution in [2.24, 2.45) is 0 Å². The molecule has 21 heavy (non-hydrogen) atoms. The highest BCUT2D eigenvalue weighted by molar-refractivity contribution is 5.70. The molecule has 0 aromatic heterocycles. The van der Waals surface area contributed by atoms with E-state index in [1.54, 1.807) is 30.9 Å². The number of hydrogen-bond donors (Lipinski definition) is 3. The minimum atomic E-state index is -0.786. The number of carbonyl (C=O) groups is 1. The van der Waals surface area contributed by atoms with E-state index in [-0.39, 0.29) is 6.42 Å². The summed E-state index contributed by atoms with van der Waals surface area (Å²) in [5.41, 5.74) is 0.843. The molecule has 1 aromatic rings. The Balaban J connectivity index is 0.000000382. The molecule has 2 unspecified atom stereocenters. The third-order valence-corrected chi connectivity index (χ3v) is 2.93. The van der Waals surface area contributed by atoms with Gasteiger partial charge in [-0.25, -0.2) is 0 Å². The number of benzene rings is 1. The van der Waals surface area contributed by atoms with Gasteiger partial charge in [0, 0.05) is 6.54 Å². The zero-order valence-electron chi connectivity index (χ0n) is 13.1. The monoisotopic (exact) mass is 297 g/mol. The number of carboxylic acids is 1. The van der Waals surface area contributed by atoms with Gasteiger partial charge in [0.25, 0.3) is 0 Å². The maximum Gasteiger partial charge on any atom is 0.307 e. The second kappa shape index (κ2) is 11.3. The summed E-state index contributed by atoms with van der Waals surface area (Å²) in [5.74, 6) is -0.786. The van der Waals surface area contributed by atoms with Gasteiger partial charge in [-0.1, -0.05) is 43.7 Å². The van der Waals surface area contributed by atoms with Crippen molar-refractivity contribution in [2.75, 3.05) is 6.54 Å². The van der Waals surface area contributed by atoms with Gasteiger partial charge in [0.05, 0.1) is 6.42 Å². The number of hydrogen-bond acceptors (Lipinski definition) is 4. The third kappa shape index (κ3) is 10.0. The number of aliphatic hydroxyl groups excluding tert-OH is 2. The molecule has 0 aliphatic rings. The van der Waals surface area contributed by atoms with Crippen molar-refractivity contribution in [1.82, 2.24) is 4.90 Å². The van der Waals surface area contributed by atoms with E-state index < -0.39 is 18.4 Å². The van der Waals surface area contributed by atoms with Crippen molar-refractivity contribution in [3.8, 4) is 0 Å². The van der Waals surface area contributed by atoms with Crippen LogP contribution >= 0.6 is 0 Å². The second-order valence-corrected chi connectivity index (χ2v) is 4.91. The number of carboxylic acid groups (broad SMARTS) is 1. The van der Waals surface area contributed by atoms with Crippen LogP contribution in [0.15, 0.2) is 30.3 Å². The summed E-state index contributed by atoms with van der Waals surface area (Å²) in [5, 5.41) is 26.7. The lowest BCUT2D eigenvalue weighted by molar-refractivity contribution is -0.136. The van der Waals surface area contributed by atoms with Crippen LogP contribution in [-0.4, -0.2) is 45.2 Å². The summed E-state index contributed by atoms with van der Waals surface area (Å²) in [6.45, 7) is 6.18. The first-order valence-corrected chi connectivity index (χ1v) is 7.26. The van der Waals surface area contributed by atoms with E-state index in [2.05, 4.69) is 6.92 Å². The van der Waals surface area contributed by atoms with Gasteiger partial charge >= 0.3 is 5.97 Å². The zero-order valence-corrected chi connectivity index (χ0v) is 13.1. The Bertz CT molecular complexity index is 371. The van der Waals surface area contributed by atoms with Crippen molar-refractivity contribution < 1.29 is 20.1 Å². The summed E-state index contributed by atoms with van der Waals surface area (Å²) in [4.78, 5) is 11.8. The Kier molecular flexibility index (Phi) is 10.5. The van der Waals surface area contributed by atoms with Gasteiger partial charge in [-0.2, -0.15) is 0 Å². The maximum absolute atomic E-state index is 10.2. The predicted octanol–water partition coefficient (Wildman–Crippen LogP) is 2.08. The SMILES string of the molecule is CCCCN(C(C)O)C(C)O.O=C(O)Cc1ccccc1. The molecule has 5 heteroatoms. The van der Waals surface area contributed by atoms with Gasteiger partial charge < -0.3 is 15.3 Å². The highest BCUT2D eigenvalue weighted by Crippen LogP contribution is 2.03. The molecule has 0 fully saturated rings. The highest BCUT2D eigenvalue weighted by Gasteiger charge is 2.14. The normalized spacial score (nSPS) is 13.2. The Morgan fingerprint density at radius 3 is 2.05 bits per heavy atom. The fraction of sp³-hybridized carbons (Fsp3) is 0.562. The molecule has 0 spiro atoms. The lowest BCUT2D eigenvalue weighted by Gasteiger charge is -2.27. The predicted molar refractivity (Wildman–Crippen MR) is 82.8 cm³/mol. The molecule has 0 radical (unpaired) electrons. The van der Waals surface area contributed by atoms with Crippen molar-refractivity contribution in [3.63, 3.8) is 0 Å². The molecule has 5 nitrogen and oxygen atoms in total. The average Bonchev–Trinajstić information content (AvgIpc) is 2.39. The minimum Gasteiger partial charge on any atom is -0.481 e. The first-order valence-electron chi connectivity index (χ1n) is 7.26. The smallest absolute Gasteiger partial charge is 0.307 e. The summed E-state index contributed by atoms with van der Waals surface area (Å²) < 4.78 is 0. The van der Waals surface area contributed by atoms with Gasteiger partial charge in [-0.3, -0.25) is 9.69 Å². The standard InChI is InChI=1S/C8H19NO2.C8H8O2/c1-4-5-6-9(7(2)10)8(3)11;9-8(10)6-7-4-2-1-3-5-7/h7-8,10-11H,4-6H2,1-3H3;1-5H,6H2,(H,9,10). The van der Waals surface area contributed by atoms with E-state index in [0.717, 1.165) is 24.9 Å². The van der Waals surface area contributed by atoms with Crippen molar-refractivity contribution >= 4 is 5.97 Å². The topological polar surface area (TPSA) is 81.0 Å². The Morgan fingerprint density at radius 2 is 1.67 bits per heavy atom. The average molecular weight is 297 g/mol. The minimum absolute atomic E-state index is 0.112. The molecule has 2 atom stereocenters. The van der Waals surface area contributed by atoms with Gasteiger partial charge in [-0.05, 0) is 25.8 Å². The summed E-state index contributed by atoms with van der Waals surface area (Å²) >= 11 is 0. The largest absolute Gasteiger partial charge is 0.481 e. The van der Waals surface area contributed by atoms with Crippen molar-refractivity contribution in [1.29, 1.82) is 0 Å². The molecular formula is C16H27NO4. The van der Waals surface area contributed by atoms with Crippen LogP contribution in [-0.2, 0) is 11.2 Å². The molecule has 1 rings (SSSR count). The Hall–Kier alpha value is -1.43. The summed E-state index contributed by atoms with van der Waals surface area (Å²) in [6, 6.07) is 9.13. The lowest BCUT2D eigenvalue weighted by Crippen LogP contribution is -2.40. The molecule has 0 amide bonds. The molecule has 0 aliphatic carbocycles. The number of nitrogens with zero attached hydrogens (tertiary/aromatic N) is 1. The van der Waals surface area contributed by atoms with Crippen LogP contribution in [0.25, 0.3) is 0 Å². The van der Waals surface area contributed by atoms with Crippen LogP contribution in [0.5, 0.6) is 0 Å². The number of aliphatic carboxylic acids is 1. The molecule has 0 saturated carbocycles. The fourth-order valence-corrected chi connectivity index (χ4v) is 1.80. The number of unbranched alkanes of at least 4 members (excludes halogenated alkanes) is 1. The van der Waals surface area contributed by atoms with E-state index in [1.165, 1.54) is 0 Å². The first-order chi connectivity index (χ1) is 9.88. The Morgan fingerprint density at radius 1 is 1.14 bits per heavy atom. The van der Waals surface area contributed by atoms with E-state index in [9.17, 15) is 15.0 Å². The summed E-state index contributed by atoms with van der Waals surface area (Å²) in [7, 11) is 0. The second-order valence-electron chi connectivity index (χ2n) is 4.91. The molecule has 0 saturated heterocycles. The van der Waals surface area contributed by atoms with E-state index in [1.807, 2.05) is 18.2 Å². The quantitative estimate of drug-likeness (QED) is 0.671. The van der Waals surface area contributed by atoms with Gasteiger partial charge in [0.2, 0.25) is 0 Å². The molecule has 120 valence electrons. The molecule has 0 aliphatic heterocycles. The van der Waals surface area contributed by atoms with Crippen LogP contribution < -0.4 is 0 Å². The van der Waals surface area contributed by atoms with Gasteiger partial charge in [-0.15, -0.1) is 0 Å². The van der Waals surface area contributed by atoms with Crippen LogP contribution in [0.3, 0.4) is 0 Å². The maximum atomic E-state index is 10.2. The molecule has 1 aromatic carbocycles. The lowest BCUT2D eigenvalue weighted by atomic mass is 10.2. The molecule has 3 N–H and O–H groups in total. The highest BCUT2D eigenvalue weighted by atomic mass is 16.4. The fourth-order valence-electron chi connectivity index (χ4n) is 1.80. The molecular weight excluding hydrogens is 270 g/mol. The van der Waals surface area contributed by atoms with Crippen molar-refractivity contribution in [2.45, 2.75) is 52.5 Å².